The summed E-state index contributed by atoms with van der Waals surface area (Å²) in [5.41, 5.74) is 1.55. The molecule has 2 aromatic carbocycles. The first kappa shape index (κ1) is 17.4. The van der Waals surface area contributed by atoms with Gasteiger partial charge in [-0.1, -0.05) is 23.7 Å². The molecule has 1 fully saturated rings. The summed E-state index contributed by atoms with van der Waals surface area (Å²) in [6.07, 6.45) is 0.999. The number of carbonyl (C=O) groups is 2. The molecule has 0 aromatic heterocycles. The smallest absolute Gasteiger partial charge is 0.239 e. The van der Waals surface area contributed by atoms with Crippen molar-refractivity contribution in [2.75, 3.05) is 18.0 Å². The van der Waals surface area contributed by atoms with Crippen molar-refractivity contribution >= 4 is 29.1 Å². The summed E-state index contributed by atoms with van der Waals surface area (Å²) in [6.45, 7) is 0.870. The number of amides is 2. The fraction of sp³-hybridized carbons (Fsp3) is 0.263. The molecular formula is C19H18ClFN2O2. The summed E-state index contributed by atoms with van der Waals surface area (Å²) < 4.78 is 13.1. The molecule has 0 radical (unpaired) electrons. The summed E-state index contributed by atoms with van der Waals surface area (Å²) in [6, 6.07) is 13.2. The first-order valence-electron chi connectivity index (χ1n) is 8.14. The van der Waals surface area contributed by atoms with Gasteiger partial charge in [0, 0.05) is 23.8 Å². The number of halogens is 2. The van der Waals surface area contributed by atoms with Gasteiger partial charge in [-0.25, -0.2) is 4.39 Å². The van der Waals surface area contributed by atoms with Crippen LogP contribution in [0.5, 0.6) is 0 Å². The van der Waals surface area contributed by atoms with Crippen LogP contribution in [0.25, 0.3) is 0 Å². The standard InChI is InChI=1S/C19H18ClFN2O2/c20-14-4-6-16(7-5-14)23-11-9-17(19(23)25)18(24)22-10-8-13-2-1-3-15(21)12-13/h1-7,12,17H,8-11H2,(H,22,24). The van der Waals surface area contributed by atoms with Crippen molar-refractivity contribution in [3.8, 4) is 0 Å². The van der Waals surface area contributed by atoms with Crippen LogP contribution < -0.4 is 10.2 Å². The molecule has 4 nitrogen and oxygen atoms in total. The Morgan fingerprint density at radius 2 is 2.00 bits per heavy atom. The SMILES string of the molecule is O=C(NCCc1cccc(F)c1)C1CCN(c2ccc(Cl)cc2)C1=O. The fourth-order valence-corrected chi connectivity index (χ4v) is 3.07. The highest BCUT2D eigenvalue weighted by Gasteiger charge is 2.37. The average molecular weight is 361 g/mol. The number of nitrogens with one attached hydrogen (secondary N) is 1. The van der Waals surface area contributed by atoms with Gasteiger partial charge < -0.3 is 10.2 Å². The maximum Gasteiger partial charge on any atom is 0.239 e. The lowest BCUT2D eigenvalue weighted by Gasteiger charge is -2.16. The van der Waals surface area contributed by atoms with Gasteiger partial charge in [-0.3, -0.25) is 9.59 Å². The summed E-state index contributed by atoms with van der Waals surface area (Å²) in [5, 5.41) is 3.37. The second-order valence-electron chi connectivity index (χ2n) is 5.98. The number of carbonyl (C=O) groups excluding carboxylic acids is 2. The third-order valence-corrected chi connectivity index (χ3v) is 4.51. The first-order chi connectivity index (χ1) is 12.0. The molecule has 0 aliphatic carbocycles. The zero-order valence-electron chi connectivity index (χ0n) is 13.5. The highest BCUT2D eigenvalue weighted by Crippen LogP contribution is 2.26. The van der Waals surface area contributed by atoms with Crippen molar-refractivity contribution < 1.29 is 14.0 Å². The van der Waals surface area contributed by atoms with Gasteiger partial charge >= 0.3 is 0 Å². The maximum atomic E-state index is 13.1. The molecule has 1 aliphatic heterocycles. The Kier molecular flexibility index (Phi) is 5.34. The maximum absolute atomic E-state index is 13.1. The minimum Gasteiger partial charge on any atom is -0.355 e. The second-order valence-corrected chi connectivity index (χ2v) is 6.41. The molecular weight excluding hydrogens is 343 g/mol. The van der Waals surface area contributed by atoms with Crippen LogP contribution in [0.15, 0.2) is 48.5 Å². The highest BCUT2D eigenvalue weighted by atomic mass is 35.5. The third kappa shape index (κ3) is 4.17. The highest BCUT2D eigenvalue weighted by molar-refractivity contribution is 6.30. The largest absolute Gasteiger partial charge is 0.355 e. The summed E-state index contributed by atoms with van der Waals surface area (Å²) in [5.74, 6) is -1.46. The molecule has 2 amide bonds. The van der Waals surface area contributed by atoms with E-state index in [1.54, 1.807) is 41.3 Å². The number of nitrogens with zero attached hydrogens (tertiary/aromatic N) is 1. The van der Waals surface area contributed by atoms with Gasteiger partial charge in [0.15, 0.2) is 0 Å². The lowest BCUT2D eigenvalue weighted by molar-refractivity contribution is -0.132. The monoisotopic (exact) mass is 360 g/mol. The molecule has 1 aliphatic rings. The Bertz CT molecular complexity index is 779. The third-order valence-electron chi connectivity index (χ3n) is 4.26. The van der Waals surface area contributed by atoms with Crippen LogP contribution in [-0.4, -0.2) is 24.9 Å². The number of hydrogen-bond acceptors (Lipinski definition) is 2. The van der Waals surface area contributed by atoms with E-state index >= 15 is 0 Å². The first-order valence-corrected chi connectivity index (χ1v) is 8.51. The zero-order chi connectivity index (χ0) is 17.8. The molecule has 0 bridgehead atoms. The van der Waals surface area contributed by atoms with Gasteiger partial charge in [0.2, 0.25) is 11.8 Å². The van der Waals surface area contributed by atoms with Crippen LogP contribution in [0.1, 0.15) is 12.0 Å². The molecule has 25 heavy (non-hydrogen) atoms. The van der Waals surface area contributed by atoms with E-state index in [-0.39, 0.29) is 17.6 Å². The van der Waals surface area contributed by atoms with Crippen molar-refractivity contribution in [3.05, 3.63) is 64.9 Å². The molecule has 1 heterocycles. The second kappa shape index (κ2) is 7.66. The molecule has 0 saturated carbocycles. The van der Waals surface area contributed by atoms with E-state index in [4.69, 9.17) is 11.6 Å². The van der Waals surface area contributed by atoms with E-state index in [1.165, 1.54) is 12.1 Å². The molecule has 1 unspecified atom stereocenters. The Hall–Kier alpha value is -2.40. The average Bonchev–Trinajstić information content (AvgIpc) is 2.97. The molecule has 130 valence electrons. The summed E-state index contributed by atoms with van der Waals surface area (Å²) in [4.78, 5) is 26.4. The van der Waals surface area contributed by atoms with E-state index < -0.39 is 5.92 Å². The molecule has 1 atom stereocenters. The summed E-state index contributed by atoms with van der Waals surface area (Å²) >= 11 is 5.86. The van der Waals surface area contributed by atoms with Gasteiger partial charge in [0.25, 0.3) is 0 Å². The Morgan fingerprint density at radius 3 is 2.72 bits per heavy atom. The Morgan fingerprint density at radius 1 is 1.24 bits per heavy atom. The van der Waals surface area contributed by atoms with Gasteiger partial charge in [-0.05, 0) is 54.8 Å². The van der Waals surface area contributed by atoms with Gasteiger partial charge in [0.05, 0.1) is 0 Å². The predicted octanol–water partition coefficient (Wildman–Crippen LogP) is 3.19. The zero-order valence-corrected chi connectivity index (χ0v) is 14.3. The number of rotatable bonds is 5. The van der Waals surface area contributed by atoms with Crippen molar-refractivity contribution in [1.82, 2.24) is 5.32 Å². The number of anilines is 1. The van der Waals surface area contributed by atoms with Crippen LogP contribution in [0.2, 0.25) is 5.02 Å². The number of hydrogen-bond donors (Lipinski definition) is 1. The van der Waals surface area contributed by atoms with E-state index in [2.05, 4.69) is 5.32 Å². The van der Waals surface area contributed by atoms with E-state index in [9.17, 15) is 14.0 Å². The van der Waals surface area contributed by atoms with E-state index in [0.717, 1.165) is 11.3 Å². The molecule has 3 rings (SSSR count). The molecule has 0 spiro atoms. The number of benzene rings is 2. The fourth-order valence-electron chi connectivity index (χ4n) is 2.95. The lowest BCUT2D eigenvalue weighted by Crippen LogP contribution is -2.37. The minimum atomic E-state index is -0.678. The van der Waals surface area contributed by atoms with E-state index in [1.807, 2.05) is 0 Å². The molecule has 6 heteroatoms. The Balaban J connectivity index is 1.54. The van der Waals surface area contributed by atoms with Crippen molar-refractivity contribution in [3.63, 3.8) is 0 Å². The van der Waals surface area contributed by atoms with Crippen LogP contribution in [0, 0.1) is 11.7 Å². The molecule has 1 saturated heterocycles. The van der Waals surface area contributed by atoms with Gasteiger partial charge in [0.1, 0.15) is 11.7 Å². The normalized spacial score (nSPS) is 17.0. The van der Waals surface area contributed by atoms with Crippen molar-refractivity contribution in [2.45, 2.75) is 12.8 Å². The van der Waals surface area contributed by atoms with Crippen molar-refractivity contribution in [2.24, 2.45) is 5.92 Å². The van der Waals surface area contributed by atoms with Gasteiger partial charge in [-0.15, -0.1) is 0 Å². The molecule has 2 aromatic rings. The van der Waals surface area contributed by atoms with Crippen LogP contribution in [0.3, 0.4) is 0 Å². The van der Waals surface area contributed by atoms with Crippen LogP contribution in [0.4, 0.5) is 10.1 Å². The van der Waals surface area contributed by atoms with E-state index in [0.29, 0.717) is 31.0 Å². The predicted molar refractivity (Wildman–Crippen MR) is 95.0 cm³/mol. The minimum absolute atomic E-state index is 0.203. The quantitative estimate of drug-likeness (QED) is 0.832. The topological polar surface area (TPSA) is 49.4 Å². The van der Waals surface area contributed by atoms with Gasteiger partial charge in [-0.2, -0.15) is 0 Å². The molecule has 1 N–H and O–H groups in total. The Labute approximate surface area is 150 Å². The lowest BCUT2D eigenvalue weighted by atomic mass is 10.1. The van der Waals surface area contributed by atoms with Crippen LogP contribution in [-0.2, 0) is 16.0 Å². The van der Waals surface area contributed by atoms with Crippen LogP contribution >= 0.6 is 11.6 Å². The summed E-state index contributed by atoms with van der Waals surface area (Å²) in [7, 11) is 0. The van der Waals surface area contributed by atoms with Crippen molar-refractivity contribution in [1.29, 1.82) is 0 Å².